The summed E-state index contributed by atoms with van der Waals surface area (Å²) in [4.78, 5) is 38.4. The van der Waals surface area contributed by atoms with Gasteiger partial charge in [0.1, 0.15) is 6.04 Å². The summed E-state index contributed by atoms with van der Waals surface area (Å²) in [6.07, 6.45) is 0.334. The number of rotatable bonds is 11. The summed E-state index contributed by atoms with van der Waals surface area (Å²) in [6, 6.07) is 14.4. The Balaban J connectivity index is 1.70. The van der Waals surface area contributed by atoms with Crippen LogP contribution in [-0.4, -0.2) is 65.3 Å². The first-order valence-corrected chi connectivity index (χ1v) is 11.0. The molecule has 2 aromatic carbocycles. The maximum atomic E-state index is 12.8. The Morgan fingerprint density at radius 2 is 1.64 bits per heavy atom. The van der Waals surface area contributed by atoms with Crippen LogP contribution >= 0.6 is 0 Å². The Bertz CT molecular complexity index is 987. The Morgan fingerprint density at radius 1 is 0.970 bits per heavy atom. The van der Waals surface area contributed by atoms with Crippen molar-refractivity contribution in [3.05, 3.63) is 60.2 Å². The van der Waals surface area contributed by atoms with Gasteiger partial charge in [-0.15, -0.1) is 0 Å². The van der Waals surface area contributed by atoms with E-state index in [-0.39, 0.29) is 12.5 Å². The van der Waals surface area contributed by atoms with Gasteiger partial charge in [-0.2, -0.15) is 0 Å². The number of aliphatic hydroxyl groups excluding tert-OH is 2. The highest BCUT2D eigenvalue weighted by atomic mass is 16.6. The summed E-state index contributed by atoms with van der Waals surface area (Å²) in [6.45, 7) is 2.80. The second-order valence-electron chi connectivity index (χ2n) is 8.65. The molecule has 3 atom stereocenters. The molecule has 1 unspecified atom stereocenters. The third-order valence-corrected chi connectivity index (χ3v) is 5.57. The summed E-state index contributed by atoms with van der Waals surface area (Å²) in [5.74, 6) is -1.54. The van der Waals surface area contributed by atoms with Crippen LogP contribution in [-0.2, 0) is 14.3 Å². The van der Waals surface area contributed by atoms with Crippen molar-refractivity contribution in [2.24, 2.45) is 5.92 Å². The fourth-order valence-electron chi connectivity index (χ4n) is 3.60. The van der Waals surface area contributed by atoms with Crippen molar-refractivity contribution in [3.8, 4) is 11.1 Å². The highest BCUT2D eigenvalue weighted by Gasteiger charge is 2.54. The maximum absolute atomic E-state index is 12.8. The quantitative estimate of drug-likeness (QED) is 0.379. The summed E-state index contributed by atoms with van der Waals surface area (Å²) in [7, 11) is 0. The number of epoxide rings is 1. The predicted molar refractivity (Wildman–Crippen MR) is 122 cm³/mol. The van der Waals surface area contributed by atoms with Crippen molar-refractivity contribution < 1.29 is 29.3 Å². The van der Waals surface area contributed by atoms with Crippen LogP contribution in [0, 0.1) is 5.92 Å². The Hall–Kier alpha value is -3.07. The van der Waals surface area contributed by atoms with Crippen LogP contribution < -0.4 is 10.6 Å². The number of hydrogen-bond donors (Lipinski definition) is 4. The van der Waals surface area contributed by atoms with E-state index in [4.69, 9.17) is 4.74 Å². The zero-order valence-corrected chi connectivity index (χ0v) is 18.8. The summed E-state index contributed by atoms with van der Waals surface area (Å²) >= 11 is 0. The third kappa shape index (κ3) is 6.04. The van der Waals surface area contributed by atoms with E-state index in [1.54, 1.807) is 18.2 Å². The van der Waals surface area contributed by atoms with Gasteiger partial charge in [-0.1, -0.05) is 56.3 Å². The lowest BCUT2D eigenvalue weighted by molar-refractivity contribution is -0.133. The smallest absolute Gasteiger partial charge is 0.252 e. The molecule has 0 aromatic heterocycles. The number of carbonyl (C=O) groups is 3. The first kappa shape index (κ1) is 24.6. The summed E-state index contributed by atoms with van der Waals surface area (Å²) in [5.41, 5.74) is 0.846. The molecular formula is C25H30N2O6. The average molecular weight is 455 g/mol. The fraction of sp³-hybridized carbons (Fsp3) is 0.400. The number of nitrogens with one attached hydrogen (secondary N) is 2. The van der Waals surface area contributed by atoms with E-state index in [2.05, 4.69) is 10.6 Å². The van der Waals surface area contributed by atoms with Crippen LogP contribution in [0.3, 0.4) is 0 Å². The standard InChI is InChI=1S/C25H30N2O6/c1-16(2)11-20(22(30)25(14-29)15-33-25)26-24(32)21(13-28)27-23(31)19-10-6-9-18(12-19)17-7-4-3-5-8-17/h3-10,12,16,20-21,28-29H,11,13-15H2,1-2H3,(H,26,32)(H,27,31)/t20?,21-,25-/m0/s1. The van der Waals surface area contributed by atoms with Crippen LogP contribution in [0.15, 0.2) is 54.6 Å². The van der Waals surface area contributed by atoms with E-state index < -0.39 is 48.5 Å². The number of carbonyl (C=O) groups excluding carboxylic acids is 3. The Morgan fingerprint density at radius 3 is 2.21 bits per heavy atom. The molecule has 1 fully saturated rings. The lowest BCUT2D eigenvalue weighted by atomic mass is 9.92. The van der Waals surface area contributed by atoms with Gasteiger partial charge in [0.15, 0.2) is 11.4 Å². The van der Waals surface area contributed by atoms with Gasteiger partial charge in [-0.3, -0.25) is 14.4 Å². The lowest BCUT2D eigenvalue weighted by Crippen LogP contribution is -2.55. The summed E-state index contributed by atoms with van der Waals surface area (Å²) < 4.78 is 5.14. The number of hydrogen-bond acceptors (Lipinski definition) is 6. The number of aliphatic hydroxyl groups is 2. The molecule has 33 heavy (non-hydrogen) atoms. The molecule has 1 saturated heterocycles. The van der Waals surface area contributed by atoms with Gasteiger partial charge in [0.25, 0.3) is 5.91 Å². The van der Waals surface area contributed by atoms with Crippen molar-refractivity contribution in [2.75, 3.05) is 19.8 Å². The molecular weight excluding hydrogens is 424 g/mol. The van der Waals surface area contributed by atoms with Gasteiger partial charge in [0.2, 0.25) is 5.91 Å². The SMILES string of the molecule is CC(C)CC(NC(=O)[C@H](CO)NC(=O)c1cccc(-c2ccccc2)c1)C(=O)[C@]1(CO)CO1. The topological polar surface area (TPSA) is 128 Å². The molecule has 3 rings (SSSR count). The van der Waals surface area contributed by atoms with Gasteiger partial charge in [-0.25, -0.2) is 0 Å². The molecule has 4 N–H and O–H groups in total. The minimum atomic E-state index is -1.28. The normalized spacial score (nSPS) is 18.9. The first-order chi connectivity index (χ1) is 15.8. The van der Waals surface area contributed by atoms with E-state index in [1.807, 2.05) is 50.2 Å². The molecule has 0 bridgehead atoms. The average Bonchev–Trinajstić information content (AvgIpc) is 3.63. The predicted octanol–water partition coefficient (Wildman–Crippen LogP) is 1.31. The maximum Gasteiger partial charge on any atom is 0.252 e. The van der Waals surface area contributed by atoms with Gasteiger partial charge in [0.05, 0.1) is 25.9 Å². The zero-order valence-electron chi connectivity index (χ0n) is 18.8. The largest absolute Gasteiger partial charge is 0.394 e. The molecule has 2 aromatic rings. The van der Waals surface area contributed by atoms with Gasteiger partial charge in [-0.05, 0) is 35.6 Å². The minimum absolute atomic E-state index is 0.0802. The first-order valence-electron chi connectivity index (χ1n) is 11.0. The second-order valence-corrected chi connectivity index (χ2v) is 8.65. The van der Waals surface area contributed by atoms with E-state index in [9.17, 15) is 24.6 Å². The highest BCUT2D eigenvalue weighted by molar-refractivity contribution is 6.00. The second kappa shape index (κ2) is 10.7. The van der Waals surface area contributed by atoms with Crippen molar-refractivity contribution >= 4 is 17.6 Å². The van der Waals surface area contributed by atoms with Crippen LogP contribution in [0.5, 0.6) is 0 Å². The highest BCUT2D eigenvalue weighted by Crippen LogP contribution is 2.30. The molecule has 0 spiro atoms. The van der Waals surface area contributed by atoms with E-state index in [1.165, 1.54) is 0 Å². The number of amides is 2. The molecule has 0 aliphatic carbocycles. The van der Waals surface area contributed by atoms with Crippen LogP contribution in [0.1, 0.15) is 30.6 Å². The molecule has 1 aliphatic heterocycles. The van der Waals surface area contributed by atoms with E-state index in [0.29, 0.717) is 12.0 Å². The molecule has 8 nitrogen and oxygen atoms in total. The molecule has 0 radical (unpaired) electrons. The Kier molecular flexibility index (Phi) is 7.97. The zero-order chi connectivity index (χ0) is 24.0. The van der Waals surface area contributed by atoms with Crippen molar-refractivity contribution in [1.82, 2.24) is 10.6 Å². The number of benzene rings is 2. The third-order valence-electron chi connectivity index (χ3n) is 5.57. The Labute approximate surface area is 193 Å². The summed E-state index contributed by atoms with van der Waals surface area (Å²) in [5, 5.41) is 24.4. The molecule has 2 amide bonds. The monoisotopic (exact) mass is 454 g/mol. The molecule has 8 heteroatoms. The molecule has 1 heterocycles. The van der Waals surface area contributed by atoms with Crippen LogP contribution in [0.4, 0.5) is 0 Å². The van der Waals surface area contributed by atoms with Crippen LogP contribution in [0.2, 0.25) is 0 Å². The van der Waals surface area contributed by atoms with E-state index in [0.717, 1.165) is 11.1 Å². The molecule has 1 aliphatic rings. The fourth-order valence-corrected chi connectivity index (χ4v) is 3.60. The minimum Gasteiger partial charge on any atom is -0.394 e. The number of ether oxygens (including phenoxy) is 1. The van der Waals surface area contributed by atoms with Crippen molar-refractivity contribution in [2.45, 2.75) is 38.0 Å². The van der Waals surface area contributed by atoms with E-state index >= 15 is 0 Å². The molecule has 0 saturated carbocycles. The van der Waals surface area contributed by atoms with Crippen molar-refractivity contribution in [1.29, 1.82) is 0 Å². The van der Waals surface area contributed by atoms with Gasteiger partial charge < -0.3 is 25.6 Å². The van der Waals surface area contributed by atoms with Gasteiger partial charge in [0, 0.05) is 5.56 Å². The lowest BCUT2D eigenvalue weighted by Gasteiger charge is -2.24. The van der Waals surface area contributed by atoms with Gasteiger partial charge >= 0.3 is 0 Å². The number of Topliss-reactive ketones (excluding diaryl/α,β-unsaturated/α-hetero) is 1. The van der Waals surface area contributed by atoms with Crippen molar-refractivity contribution in [3.63, 3.8) is 0 Å². The number of ketones is 1. The van der Waals surface area contributed by atoms with Crippen LogP contribution in [0.25, 0.3) is 11.1 Å². The molecule has 176 valence electrons.